The zero-order valence-corrected chi connectivity index (χ0v) is 10.7. The topological polar surface area (TPSA) is 57.8 Å². The third-order valence-electron chi connectivity index (χ3n) is 4.81. The molecule has 1 aromatic heterocycles. The van der Waals surface area contributed by atoms with Crippen molar-refractivity contribution in [3.05, 3.63) is 18.0 Å². The van der Waals surface area contributed by atoms with E-state index in [4.69, 9.17) is 0 Å². The monoisotopic (exact) mass is 247 g/mol. The minimum absolute atomic E-state index is 0.00525. The predicted octanol–water partition coefficient (Wildman–Crippen LogP) is 2.64. The van der Waals surface area contributed by atoms with Crippen LogP contribution >= 0.6 is 0 Å². The van der Waals surface area contributed by atoms with Crippen molar-refractivity contribution in [3.8, 4) is 0 Å². The molecule has 3 rings (SSSR count). The van der Waals surface area contributed by atoms with E-state index < -0.39 is 0 Å². The van der Waals surface area contributed by atoms with Gasteiger partial charge in [-0.05, 0) is 37.2 Å². The second kappa shape index (κ2) is 4.75. The van der Waals surface area contributed by atoms with E-state index in [9.17, 15) is 4.79 Å². The molecule has 1 spiro atoms. The Labute approximate surface area is 108 Å². The third kappa shape index (κ3) is 2.04. The van der Waals surface area contributed by atoms with E-state index in [0.29, 0.717) is 17.2 Å². The summed E-state index contributed by atoms with van der Waals surface area (Å²) in [6.07, 6.45) is 11.9. The summed E-state index contributed by atoms with van der Waals surface area (Å²) in [6, 6.07) is 2.10. The number of hydrogen-bond acceptors (Lipinski definition) is 2. The summed E-state index contributed by atoms with van der Waals surface area (Å²) in [6.45, 7) is 0. The average molecular weight is 247 g/mol. The fraction of sp³-hybridized carbons (Fsp3) is 0.714. The largest absolute Gasteiger partial charge is 0.347 e. The van der Waals surface area contributed by atoms with Crippen LogP contribution in [0.2, 0.25) is 0 Å². The number of rotatable bonds is 2. The van der Waals surface area contributed by atoms with E-state index in [1.807, 2.05) is 0 Å². The molecule has 4 nitrogen and oxygen atoms in total. The molecule has 2 saturated carbocycles. The van der Waals surface area contributed by atoms with Crippen molar-refractivity contribution >= 4 is 5.91 Å². The van der Waals surface area contributed by atoms with Crippen LogP contribution in [0.4, 0.5) is 0 Å². The fourth-order valence-corrected chi connectivity index (χ4v) is 3.83. The molecule has 2 aliphatic rings. The van der Waals surface area contributed by atoms with E-state index >= 15 is 0 Å². The third-order valence-corrected chi connectivity index (χ3v) is 4.81. The Morgan fingerprint density at radius 2 is 2.00 bits per heavy atom. The number of nitrogens with one attached hydrogen (secondary N) is 2. The van der Waals surface area contributed by atoms with Gasteiger partial charge in [0.15, 0.2) is 0 Å². The number of H-pyrrole nitrogens is 1. The van der Waals surface area contributed by atoms with E-state index in [2.05, 4.69) is 15.5 Å². The molecule has 2 fully saturated rings. The minimum atomic E-state index is 0.00525. The molecule has 0 aromatic carbocycles. The molecule has 1 aromatic rings. The first kappa shape index (κ1) is 11.8. The van der Waals surface area contributed by atoms with Crippen LogP contribution in [-0.2, 0) is 0 Å². The summed E-state index contributed by atoms with van der Waals surface area (Å²) in [5, 5.41) is 9.83. The SMILES string of the molecule is O=C(NC1CCCCC12CCCC2)c1ccn[nH]1. The molecular formula is C14H21N3O. The predicted molar refractivity (Wildman–Crippen MR) is 69.2 cm³/mol. The summed E-state index contributed by atoms with van der Waals surface area (Å²) >= 11 is 0. The van der Waals surface area contributed by atoms with Crippen molar-refractivity contribution < 1.29 is 4.79 Å². The maximum atomic E-state index is 12.1. The van der Waals surface area contributed by atoms with Crippen LogP contribution < -0.4 is 5.32 Å². The van der Waals surface area contributed by atoms with Gasteiger partial charge in [-0.25, -0.2) is 0 Å². The highest BCUT2D eigenvalue weighted by Gasteiger charge is 2.43. The van der Waals surface area contributed by atoms with Gasteiger partial charge in [-0.1, -0.05) is 25.7 Å². The van der Waals surface area contributed by atoms with Gasteiger partial charge in [0.2, 0.25) is 0 Å². The molecule has 0 bridgehead atoms. The summed E-state index contributed by atoms with van der Waals surface area (Å²) in [5.41, 5.74) is 0.974. The molecule has 2 N–H and O–H groups in total. The maximum absolute atomic E-state index is 12.1. The Bertz CT molecular complexity index is 407. The molecule has 1 unspecified atom stereocenters. The van der Waals surface area contributed by atoms with Gasteiger partial charge in [-0.2, -0.15) is 5.10 Å². The van der Waals surface area contributed by atoms with Crippen LogP contribution in [-0.4, -0.2) is 22.1 Å². The number of carbonyl (C=O) groups is 1. The number of carbonyl (C=O) groups excluding carboxylic acids is 1. The van der Waals surface area contributed by atoms with Crippen molar-refractivity contribution in [1.82, 2.24) is 15.5 Å². The molecule has 0 aliphatic heterocycles. The molecule has 1 atom stereocenters. The van der Waals surface area contributed by atoms with E-state index in [1.165, 1.54) is 44.9 Å². The second-order valence-electron chi connectivity index (χ2n) is 5.81. The highest BCUT2D eigenvalue weighted by molar-refractivity contribution is 5.92. The Morgan fingerprint density at radius 1 is 1.28 bits per heavy atom. The van der Waals surface area contributed by atoms with Crippen LogP contribution in [0, 0.1) is 5.41 Å². The lowest BCUT2D eigenvalue weighted by atomic mass is 9.69. The minimum Gasteiger partial charge on any atom is -0.347 e. The second-order valence-corrected chi connectivity index (χ2v) is 5.81. The zero-order valence-electron chi connectivity index (χ0n) is 10.7. The molecule has 1 heterocycles. The number of aromatic amines is 1. The van der Waals surface area contributed by atoms with E-state index in [1.54, 1.807) is 12.3 Å². The van der Waals surface area contributed by atoms with Crippen molar-refractivity contribution in [2.24, 2.45) is 5.41 Å². The van der Waals surface area contributed by atoms with Crippen LogP contribution in [0.1, 0.15) is 61.9 Å². The standard InChI is InChI=1S/C14H21N3O/c18-13(11-6-10-15-17-11)16-12-5-1-2-7-14(12)8-3-4-9-14/h6,10,12H,1-5,7-9H2,(H,15,17)(H,16,18). The Morgan fingerprint density at radius 3 is 2.67 bits per heavy atom. The van der Waals surface area contributed by atoms with Gasteiger partial charge in [0.1, 0.15) is 5.69 Å². The van der Waals surface area contributed by atoms with Crippen LogP contribution in [0.15, 0.2) is 12.3 Å². The first-order valence-corrected chi connectivity index (χ1v) is 7.10. The van der Waals surface area contributed by atoms with Crippen molar-refractivity contribution in [2.75, 3.05) is 0 Å². The van der Waals surface area contributed by atoms with Gasteiger partial charge in [0.25, 0.3) is 5.91 Å². The molecule has 98 valence electrons. The van der Waals surface area contributed by atoms with Crippen molar-refractivity contribution in [3.63, 3.8) is 0 Å². The summed E-state index contributed by atoms with van der Waals surface area (Å²) < 4.78 is 0. The van der Waals surface area contributed by atoms with Crippen molar-refractivity contribution in [1.29, 1.82) is 0 Å². The highest BCUT2D eigenvalue weighted by Crippen LogP contribution is 2.49. The van der Waals surface area contributed by atoms with Crippen LogP contribution in [0.5, 0.6) is 0 Å². The average Bonchev–Trinajstić information content (AvgIpc) is 3.04. The Hall–Kier alpha value is -1.32. The van der Waals surface area contributed by atoms with Gasteiger partial charge in [-0.15, -0.1) is 0 Å². The van der Waals surface area contributed by atoms with Crippen LogP contribution in [0.25, 0.3) is 0 Å². The fourth-order valence-electron chi connectivity index (χ4n) is 3.83. The summed E-state index contributed by atoms with van der Waals surface area (Å²) in [7, 11) is 0. The molecule has 0 saturated heterocycles. The van der Waals surface area contributed by atoms with Gasteiger partial charge >= 0.3 is 0 Å². The molecular weight excluding hydrogens is 226 g/mol. The van der Waals surface area contributed by atoms with E-state index in [0.717, 1.165) is 6.42 Å². The number of aromatic nitrogens is 2. The Kier molecular flexibility index (Phi) is 3.10. The van der Waals surface area contributed by atoms with Crippen molar-refractivity contribution in [2.45, 2.75) is 57.4 Å². The van der Waals surface area contributed by atoms with Gasteiger partial charge in [0, 0.05) is 12.2 Å². The summed E-state index contributed by atoms with van der Waals surface area (Å²) in [4.78, 5) is 12.1. The van der Waals surface area contributed by atoms with E-state index in [-0.39, 0.29) is 5.91 Å². The zero-order chi connectivity index (χ0) is 12.4. The quantitative estimate of drug-likeness (QED) is 0.844. The van der Waals surface area contributed by atoms with Gasteiger partial charge < -0.3 is 5.32 Å². The number of amides is 1. The first-order valence-electron chi connectivity index (χ1n) is 7.10. The summed E-state index contributed by atoms with van der Waals surface area (Å²) in [5.74, 6) is 0.00525. The first-order chi connectivity index (χ1) is 8.80. The Balaban J connectivity index is 1.72. The highest BCUT2D eigenvalue weighted by atomic mass is 16.2. The van der Waals surface area contributed by atoms with Gasteiger partial charge in [-0.3, -0.25) is 9.89 Å². The number of hydrogen-bond donors (Lipinski definition) is 2. The number of nitrogens with zero attached hydrogens (tertiary/aromatic N) is 1. The lowest BCUT2D eigenvalue weighted by Crippen LogP contribution is -2.48. The lowest BCUT2D eigenvalue weighted by molar-refractivity contribution is 0.0800. The smallest absolute Gasteiger partial charge is 0.269 e. The normalized spacial score (nSPS) is 26.3. The molecule has 2 aliphatic carbocycles. The van der Waals surface area contributed by atoms with Crippen LogP contribution in [0.3, 0.4) is 0 Å². The molecule has 1 amide bonds. The lowest BCUT2D eigenvalue weighted by Gasteiger charge is -2.41. The molecule has 0 radical (unpaired) electrons. The maximum Gasteiger partial charge on any atom is 0.269 e. The van der Waals surface area contributed by atoms with Gasteiger partial charge in [0.05, 0.1) is 0 Å². The molecule has 18 heavy (non-hydrogen) atoms. The molecule has 4 heteroatoms.